The molecule has 0 spiro atoms. The van der Waals surface area contributed by atoms with Gasteiger partial charge in [-0.3, -0.25) is 0 Å². The summed E-state index contributed by atoms with van der Waals surface area (Å²) in [5, 5.41) is 0.940. The number of rotatable bonds is 1. The Morgan fingerprint density at radius 2 is 2.06 bits per heavy atom. The van der Waals surface area contributed by atoms with Crippen LogP contribution in [0.2, 0.25) is 10.0 Å². The second-order valence-corrected chi connectivity index (χ2v) is 5.08. The molecule has 0 aromatic heterocycles. The Bertz CT molecular complexity index is 551. The highest BCUT2D eigenvalue weighted by molar-refractivity contribution is 6.42. The number of benzene rings is 1. The molecule has 3 rings (SSSR count). The summed E-state index contributed by atoms with van der Waals surface area (Å²) in [7, 11) is 0. The summed E-state index contributed by atoms with van der Waals surface area (Å²) in [4.78, 5) is 11.8. The van der Waals surface area contributed by atoms with E-state index < -0.39 is 0 Å². The fourth-order valence-electron chi connectivity index (χ4n) is 2.27. The molecule has 3 nitrogen and oxygen atoms in total. The number of ether oxygens (including phenoxy) is 2. The minimum atomic E-state index is -0.387. The van der Waals surface area contributed by atoms with E-state index >= 15 is 0 Å². The molecule has 0 amide bonds. The van der Waals surface area contributed by atoms with Gasteiger partial charge in [-0.25, -0.2) is 4.79 Å². The van der Waals surface area contributed by atoms with Crippen LogP contribution in [-0.2, 0) is 14.3 Å². The third-order valence-corrected chi connectivity index (χ3v) is 3.91. The largest absolute Gasteiger partial charge is 0.462 e. The highest BCUT2D eigenvalue weighted by Gasteiger charge is 2.36. The van der Waals surface area contributed by atoms with Crippen LogP contribution in [0, 0.1) is 0 Å². The van der Waals surface area contributed by atoms with Gasteiger partial charge >= 0.3 is 5.97 Å². The first-order valence-electron chi connectivity index (χ1n) is 5.62. The summed E-state index contributed by atoms with van der Waals surface area (Å²) in [5.41, 5.74) is 2.48. The predicted octanol–water partition coefficient (Wildman–Crippen LogP) is 3.31. The third-order valence-electron chi connectivity index (χ3n) is 3.17. The number of esters is 1. The monoisotopic (exact) mass is 284 g/mol. The van der Waals surface area contributed by atoms with Crippen LogP contribution in [-0.4, -0.2) is 19.2 Å². The molecule has 0 N–H and O–H groups in total. The number of hydrogen-bond acceptors (Lipinski definition) is 3. The van der Waals surface area contributed by atoms with Crippen LogP contribution >= 0.6 is 23.2 Å². The Balaban J connectivity index is 2.00. The lowest BCUT2D eigenvalue weighted by molar-refractivity contribution is -0.140. The van der Waals surface area contributed by atoms with Gasteiger partial charge in [0.1, 0.15) is 6.10 Å². The molecule has 1 unspecified atom stereocenters. The average molecular weight is 285 g/mol. The van der Waals surface area contributed by atoms with Gasteiger partial charge < -0.3 is 9.47 Å². The first-order valence-corrected chi connectivity index (χ1v) is 6.38. The smallest absolute Gasteiger partial charge is 0.337 e. The van der Waals surface area contributed by atoms with E-state index in [-0.39, 0.29) is 12.1 Å². The molecule has 1 aromatic rings. The number of carbonyl (C=O) groups excluding carboxylic acids is 1. The van der Waals surface area contributed by atoms with E-state index in [1.165, 1.54) is 0 Å². The second kappa shape index (κ2) is 4.57. The predicted molar refractivity (Wildman–Crippen MR) is 67.8 cm³/mol. The van der Waals surface area contributed by atoms with E-state index in [1.54, 1.807) is 12.1 Å². The number of carbonyl (C=O) groups is 1. The molecule has 18 heavy (non-hydrogen) atoms. The summed E-state index contributed by atoms with van der Waals surface area (Å²) in [6, 6.07) is 5.25. The minimum absolute atomic E-state index is 0.287. The van der Waals surface area contributed by atoms with Gasteiger partial charge in [-0.15, -0.1) is 0 Å². The topological polar surface area (TPSA) is 35.5 Å². The lowest BCUT2D eigenvalue weighted by atomic mass is 9.97. The summed E-state index contributed by atoms with van der Waals surface area (Å²) in [6.45, 7) is 0.921. The summed E-state index contributed by atoms with van der Waals surface area (Å²) < 4.78 is 10.7. The van der Waals surface area contributed by atoms with Crippen LogP contribution in [0.15, 0.2) is 29.3 Å². The minimum Gasteiger partial charge on any atom is -0.462 e. The van der Waals surface area contributed by atoms with E-state index in [0.29, 0.717) is 28.8 Å². The van der Waals surface area contributed by atoms with Crippen LogP contribution < -0.4 is 0 Å². The van der Waals surface area contributed by atoms with Gasteiger partial charge in [-0.2, -0.15) is 0 Å². The molecular weight excluding hydrogens is 275 g/mol. The van der Waals surface area contributed by atoms with Crippen molar-refractivity contribution in [2.75, 3.05) is 13.2 Å². The molecular formula is C13H10Cl2O3. The molecule has 0 radical (unpaired) electrons. The molecule has 2 aliphatic heterocycles. The first kappa shape index (κ1) is 12.0. The highest BCUT2D eigenvalue weighted by Crippen LogP contribution is 2.39. The van der Waals surface area contributed by atoms with Crippen molar-refractivity contribution in [3.05, 3.63) is 45.0 Å². The Morgan fingerprint density at radius 1 is 1.22 bits per heavy atom. The van der Waals surface area contributed by atoms with Gasteiger partial charge in [-0.1, -0.05) is 29.3 Å². The van der Waals surface area contributed by atoms with Crippen LogP contribution in [0.25, 0.3) is 0 Å². The molecule has 0 bridgehead atoms. The van der Waals surface area contributed by atoms with Crippen molar-refractivity contribution in [2.24, 2.45) is 0 Å². The molecule has 0 aliphatic carbocycles. The molecule has 0 saturated carbocycles. The molecule has 0 saturated heterocycles. The number of cyclic esters (lactones) is 1. The maximum absolute atomic E-state index is 11.8. The molecule has 1 atom stereocenters. The normalized spacial score (nSPS) is 23.0. The van der Waals surface area contributed by atoms with Gasteiger partial charge in [-0.05, 0) is 23.3 Å². The van der Waals surface area contributed by atoms with Gasteiger partial charge in [0.25, 0.3) is 0 Å². The lowest BCUT2D eigenvalue weighted by Crippen LogP contribution is -2.18. The van der Waals surface area contributed by atoms with Crippen molar-refractivity contribution in [1.82, 2.24) is 0 Å². The number of halogens is 2. The SMILES string of the molecule is O=C1OCCC2=C1C(c1ccc(Cl)c(Cl)c1)OC2. The van der Waals surface area contributed by atoms with Gasteiger partial charge in [0, 0.05) is 6.42 Å². The maximum atomic E-state index is 11.8. The van der Waals surface area contributed by atoms with Crippen molar-refractivity contribution < 1.29 is 14.3 Å². The van der Waals surface area contributed by atoms with Crippen LogP contribution in [0.1, 0.15) is 18.1 Å². The maximum Gasteiger partial charge on any atom is 0.337 e. The Labute approximate surface area is 114 Å². The van der Waals surface area contributed by atoms with Gasteiger partial charge in [0.05, 0.1) is 28.8 Å². The van der Waals surface area contributed by atoms with E-state index in [4.69, 9.17) is 32.7 Å². The zero-order valence-electron chi connectivity index (χ0n) is 9.41. The molecule has 94 valence electrons. The number of hydrogen-bond donors (Lipinski definition) is 0. The van der Waals surface area contributed by atoms with Crippen molar-refractivity contribution in [1.29, 1.82) is 0 Å². The molecule has 5 heteroatoms. The highest BCUT2D eigenvalue weighted by atomic mass is 35.5. The Morgan fingerprint density at radius 3 is 2.83 bits per heavy atom. The lowest BCUT2D eigenvalue weighted by Gasteiger charge is -2.17. The van der Waals surface area contributed by atoms with Crippen LogP contribution in [0.3, 0.4) is 0 Å². The summed E-state index contributed by atoms with van der Waals surface area (Å²) >= 11 is 11.9. The Hall–Kier alpha value is -1.03. The van der Waals surface area contributed by atoms with E-state index in [0.717, 1.165) is 17.6 Å². The van der Waals surface area contributed by atoms with E-state index in [1.807, 2.05) is 6.07 Å². The van der Waals surface area contributed by atoms with Crippen molar-refractivity contribution in [2.45, 2.75) is 12.5 Å². The molecule has 0 fully saturated rings. The standard InChI is InChI=1S/C13H10Cl2O3/c14-9-2-1-7(5-10(9)15)12-11-8(6-18-12)3-4-17-13(11)16/h1-2,5,12H,3-4,6H2. The van der Waals surface area contributed by atoms with Crippen LogP contribution in [0.4, 0.5) is 0 Å². The van der Waals surface area contributed by atoms with Crippen LogP contribution in [0.5, 0.6) is 0 Å². The molecule has 1 aromatic carbocycles. The van der Waals surface area contributed by atoms with Crippen molar-refractivity contribution in [3.8, 4) is 0 Å². The molecule has 2 aliphatic rings. The fourth-order valence-corrected chi connectivity index (χ4v) is 2.58. The van der Waals surface area contributed by atoms with Gasteiger partial charge in [0.15, 0.2) is 0 Å². The van der Waals surface area contributed by atoms with Crippen molar-refractivity contribution >= 4 is 29.2 Å². The first-order chi connectivity index (χ1) is 8.66. The average Bonchev–Trinajstić information content (AvgIpc) is 2.78. The van der Waals surface area contributed by atoms with E-state index in [9.17, 15) is 4.79 Å². The van der Waals surface area contributed by atoms with Crippen molar-refractivity contribution in [3.63, 3.8) is 0 Å². The zero-order chi connectivity index (χ0) is 12.7. The fraction of sp³-hybridized carbons (Fsp3) is 0.308. The summed E-state index contributed by atoms with van der Waals surface area (Å²) in [6.07, 6.45) is 0.362. The summed E-state index contributed by atoms with van der Waals surface area (Å²) in [5.74, 6) is -0.287. The quantitative estimate of drug-likeness (QED) is 0.743. The van der Waals surface area contributed by atoms with Gasteiger partial charge in [0.2, 0.25) is 0 Å². The Kier molecular flexibility index (Phi) is 3.06. The second-order valence-electron chi connectivity index (χ2n) is 4.27. The third kappa shape index (κ3) is 1.92. The van der Waals surface area contributed by atoms with E-state index in [2.05, 4.69) is 0 Å². The zero-order valence-corrected chi connectivity index (χ0v) is 10.9. The molecule has 2 heterocycles.